The van der Waals surface area contributed by atoms with Gasteiger partial charge in [0.05, 0.1) is 10.6 Å². The SMILES string of the molecule is O=C(Nc1ccc2c(c1)B(O)OCC2)c1ccccc1Cl. The molecule has 0 bridgehead atoms. The fourth-order valence-electron chi connectivity index (χ4n) is 2.34. The second-order valence-electron chi connectivity index (χ2n) is 4.82. The van der Waals surface area contributed by atoms with E-state index in [0.29, 0.717) is 28.3 Å². The van der Waals surface area contributed by atoms with E-state index in [0.717, 1.165) is 12.0 Å². The largest absolute Gasteiger partial charge is 0.491 e. The fraction of sp³-hybridized carbons (Fsp3) is 0.133. The smallest absolute Gasteiger partial charge is 0.423 e. The Labute approximate surface area is 127 Å². The Morgan fingerprint density at radius 1 is 1.29 bits per heavy atom. The van der Waals surface area contributed by atoms with Gasteiger partial charge >= 0.3 is 7.12 Å². The van der Waals surface area contributed by atoms with Crippen molar-refractivity contribution in [3.05, 3.63) is 58.6 Å². The van der Waals surface area contributed by atoms with Crippen molar-refractivity contribution in [2.45, 2.75) is 6.42 Å². The zero-order valence-corrected chi connectivity index (χ0v) is 11.9. The lowest BCUT2D eigenvalue weighted by atomic mass is 9.73. The molecule has 106 valence electrons. The van der Waals surface area contributed by atoms with Crippen LogP contribution in [0.1, 0.15) is 15.9 Å². The van der Waals surface area contributed by atoms with E-state index in [1.807, 2.05) is 12.1 Å². The summed E-state index contributed by atoms with van der Waals surface area (Å²) in [6.07, 6.45) is 0.755. The molecule has 0 atom stereocenters. The van der Waals surface area contributed by atoms with Gasteiger partial charge in [-0.05, 0) is 41.7 Å². The second kappa shape index (κ2) is 5.89. The monoisotopic (exact) mass is 301 g/mol. The van der Waals surface area contributed by atoms with Gasteiger partial charge in [0.2, 0.25) is 0 Å². The van der Waals surface area contributed by atoms with Crippen LogP contribution in [0.5, 0.6) is 0 Å². The third kappa shape index (κ3) is 2.95. The number of halogens is 1. The first-order valence-corrected chi connectivity index (χ1v) is 7.01. The van der Waals surface area contributed by atoms with E-state index in [2.05, 4.69) is 5.32 Å². The lowest BCUT2D eigenvalue weighted by Crippen LogP contribution is -2.41. The van der Waals surface area contributed by atoms with Crippen LogP contribution in [0.25, 0.3) is 0 Å². The van der Waals surface area contributed by atoms with E-state index >= 15 is 0 Å². The van der Waals surface area contributed by atoms with Crippen LogP contribution in [-0.2, 0) is 11.1 Å². The summed E-state index contributed by atoms with van der Waals surface area (Å²) in [5, 5.41) is 13.0. The van der Waals surface area contributed by atoms with Crippen molar-refractivity contribution in [2.24, 2.45) is 0 Å². The number of benzene rings is 2. The molecule has 0 radical (unpaired) electrons. The third-order valence-electron chi connectivity index (χ3n) is 3.44. The number of amides is 1. The van der Waals surface area contributed by atoms with E-state index in [4.69, 9.17) is 16.3 Å². The van der Waals surface area contributed by atoms with Crippen molar-refractivity contribution in [2.75, 3.05) is 11.9 Å². The van der Waals surface area contributed by atoms with Gasteiger partial charge in [-0.3, -0.25) is 4.79 Å². The van der Waals surface area contributed by atoms with Crippen molar-refractivity contribution in [3.8, 4) is 0 Å². The Kier molecular flexibility index (Phi) is 3.97. The van der Waals surface area contributed by atoms with Gasteiger partial charge < -0.3 is 15.0 Å². The van der Waals surface area contributed by atoms with Crippen molar-refractivity contribution in [1.29, 1.82) is 0 Å². The molecule has 1 aliphatic rings. The molecule has 2 aromatic carbocycles. The molecule has 1 amide bonds. The number of carbonyl (C=O) groups excluding carboxylic acids is 1. The molecule has 0 unspecified atom stereocenters. The second-order valence-corrected chi connectivity index (χ2v) is 5.23. The molecule has 1 heterocycles. The quantitative estimate of drug-likeness (QED) is 0.832. The highest BCUT2D eigenvalue weighted by molar-refractivity contribution is 6.61. The first kappa shape index (κ1) is 14.1. The zero-order valence-electron chi connectivity index (χ0n) is 11.2. The molecule has 21 heavy (non-hydrogen) atoms. The van der Waals surface area contributed by atoms with Gasteiger partial charge in [0.15, 0.2) is 0 Å². The van der Waals surface area contributed by atoms with Crippen molar-refractivity contribution in [1.82, 2.24) is 0 Å². The van der Waals surface area contributed by atoms with Crippen LogP contribution >= 0.6 is 11.6 Å². The van der Waals surface area contributed by atoms with E-state index in [1.54, 1.807) is 30.3 Å². The van der Waals surface area contributed by atoms with Crippen molar-refractivity contribution >= 4 is 35.8 Å². The number of nitrogens with one attached hydrogen (secondary N) is 1. The van der Waals surface area contributed by atoms with E-state index in [-0.39, 0.29) is 5.91 Å². The van der Waals surface area contributed by atoms with Gasteiger partial charge in [0.1, 0.15) is 0 Å². The van der Waals surface area contributed by atoms with Crippen LogP contribution in [0, 0.1) is 0 Å². The molecule has 4 nitrogen and oxygen atoms in total. The van der Waals surface area contributed by atoms with Gasteiger partial charge in [-0.1, -0.05) is 29.8 Å². The highest BCUT2D eigenvalue weighted by Crippen LogP contribution is 2.18. The van der Waals surface area contributed by atoms with E-state index in [9.17, 15) is 9.82 Å². The van der Waals surface area contributed by atoms with Crippen LogP contribution in [-0.4, -0.2) is 24.7 Å². The van der Waals surface area contributed by atoms with E-state index < -0.39 is 7.12 Å². The van der Waals surface area contributed by atoms with Crippen LogP contribution in [0.2, 0.25) is 5.02 Å². The van der Waals surface area contributed by atoms with Gasteiger partial charge in [0, 0.05) is 12.3 Å². The zero-order chi connectivity index (χ0) is 14.8. The minimum atomic E-state index is -0.939. The minimum Gasteiger partial charge on any atom is -0.423 e. The first-order valence-electron chi connectivity index (χ1n) is 6.63. The van der Waals surface area contributed by atoms with Crippen LogP contribution in [0.4, 0.5) is 5.69 Å². The molecular formula is C15H13BClNO3. The maximum Gasteiger partial charge on any atom is 0.491 e. The van der Waals surface area contributed by atoms with Gasteiger partial charge in [-0.25, -0.2) is 0 Å². The molecule has 0 spiro atoms. The molecule has 2 aromatic rings. The number of hydrogen-bond donors (Lipinski definition) is 2. The predicted octanol–water partition coefficient (Wildman–Crippen LogP) is 1.85. The molecule has 6 heteroatoms. The van der Waals surface area contributed by atoms with E-state index in [1.165, 1.54) is 0 Å². The lowest BCUT2D eigenvalue weighted by molar-refractivity contribution is 0.102. The fourth-order valence-corrected chi connectivity index (χ4v) is 2.57. The summed E-state index contributed by atoms with van der Waals surface area (Å²) in [6.45, 7) is 0.499. The molecule has 0 saturated heterocycles. The average Bonchev–Trinajstić information content (AvgIpc) is 2.48. The van der Waals surface area contributed by atoms with Crippen LogP contribution < -0.4 is 10.8 Å². The third-order valence-corrected chi connectivity index (χ3v) is 3.76. The Bertz CT molecular complexity index is 692. The lowest BCUT2D eigenvalue weighted by Gasteiger charge is -2.19. The summed E-state index contributed by atoms with van der Waals surface area (Å²) in [6, 6.07) is 12.3. The summed E-state index contributed by atoms with van der Waals surface area (Å²) in [5.74, 6) is -0.285. The molecule has 0 fully saturated rings. The van der Waals surface area contributed by atoms with Crippen molar-refractivity contribution < 1.29 is 14.5 Å². The number of anilines is 1. The Morgan fingerprint density at radius 2 is 2.10 bits per heavy atom. The molecule has 2 N–H and O–H groups in total. The first-order chi connectivity index (χ1) is 10.1. The number of hydrogen-bond acceptors (Lipinski definition) is 3. The Morgan fingerprint density at radius 3 is 2.90 bits per heavy atom. The Balaban J connectivity index is 1.84. The molecule has 1 aliphatic heterocycles. The number of rotatable bonds is 2. The maximum absolute atomic E-state index is 12.2. The number of carbonyl (C=O) groups is 1. The molecule has 0 aromatic heterocycles. The molecular weight excluding hydrogens is 288 g/mol. The normalized spacial score (nSPS) is 13.7. The summed E-state index contributed by atoms with van der Waals surface area (Å²) >= 11 is 6.00. The minimum absolute atomic E-state index is 0.285. The molecule has 3 rings (SSSR count). The average molecular weight is 302 g/mol. The maximum atomic E-state index is 12.2. The topological polar surface area (TPSA) is 58.6 Å². The molecule has 0 saturated carbocycles. The van der Waals surface area contributed by atoms with Gasteiger partial charge in [-0.2, -0.15) is 0 Å². The highest BCUT2D eigenvalue weighted by Gasteiger charge is 2.25. The summed E-state index contributed by atoms with van der Waals surface area (Å²) < 4.78 is 5.19. The summed E-state index contributed by atoms with van der Waals surface area (Å²) in [5.41, 5.74) is 2.74. The van der Waals surface area contributed by atoms with Crippen LogP contribution in [0.15, 0.2) is 42.5 Å². The Hall–Kier alpha value is -1.82. The summed E-state index contributed by atoms with van der Waals surface area (Å²) in [4.78, 5) is 12.2. The van der Waals surface area contributed by atoms with Crippen molar-refractivity contribution in [3.63, 3.8) is 0 Å². The van der Waals surface area contributed by atoms with Gasteiger partial charge in [-0.15, -0.1) is 0 Å². The van der Waals surface area contributed by atoms with Gasteiger partial charge in [0.25, 0.3) is 5.91 Å². The number of fused-ring (bicyclic) bond motifs is 1. The molecule has 0 aliphatic carbocycles. The predicted molar refractivity (Wildman–Crippen MR) is 83.1 cm³/mol. The standard InChI is InChI=1S/C15H13BClNO3/c17-14-4-2-1-3-12(14)15(19)18-11-6-5-10-7-8-21-16(20)13(10)9-11/h1-6,9,20H,7-8H2,(H,18,19). The van der Waals surface area contributed by atoms with Crippen LogP contribution in [0.3, 0.4) is 0 Å². The summed E-state index contributed by atoms with van der Waals surface area (Å²) in [7, 11) is -0.939. The highest BCUT2D eigenvalue weighted by atomic mass is 35.5.